The number of hydrogen-bond donors (Lipinski definition) is 2. The quantitative estimate of drug-likeness (QED) is 0.890. The van der Waals surface area contributed by atoms with Gasteiger partial charge in [0.05, 0.1) is 5.60 Å². The van der Waals surface area contributed by atoms with E-state index in [-0.39, 0.29) is 0 Å². The van der Waals surface area contributed by atoms with Crippen molar-refractivity contribution >= 4 is 10.9 Å². The molecule has 3 fully saturated rings. The molecule has 3 saturated heterocycles. The molecular weight excluding hydrogens is 322 g/mol. The first-order valence-corrected chi connectivity index (χ1v) is 10.4. The van der Waals surface area contributed by atoms with Crippen molar-refractivity contribution in [2.75, 3.05) is 26.7 Å². The van der Waals surface area contributed by atoms with E-state index in [4.69, 9.17) is 0 Å². The smallest absolute Gasteiger partial charge is 0.0923 e. The second-order valence-electron chi connectivity index (χ2n) is 8.87. The van der Waals surface area contributed by atoms with Gasteiger partial charge in [0.15, 0.2) is 0 Å². The number of benzene rings is 1. The Morgan fingerprint density at radius 3 is 2.92 bits per heavy atom. The van der Waals surface area contributed by atoms with Crippen molar-refractivity contribution in [3.63, 3.8) is 0 Å². The van der Waals surface area contributed by atoms with Gasteiger partial charge in [0.25, 0.3) is 0 Å². The fraction of sp³-hybridized carbons (Fsp3) is 0.636. The van der Waals surface area contributed by atoms with Crippen LogP contribution in [0.4, 0.5) is 0 Å². The largest absolute Gasteiger partial charge is 0.385 e. The standard InChI is InChI=1S/C22H31N3O/c1-24-9-2-4-18(24)12-16-15-23-21-7-6-17(13-20(16)21)22(26)8-11-25-10-3-5-19(25)14-22/h6-7,13,15,18-19,23,26H,2-5,8-12,14H2,1H3/t18-,19-,22+/m0/s1. The van der Waals surface area contributed by atoms with Crippen LogP contribution in [-0.4, -0.2) is 58.7 Å². The molecule has 140 valence electrons. The predicted octanol–water partition coefficient (Wildman–Crippen LogP) is 3.25. The van der Waals surface area contributed by atoms with Gasteiger partial charge in [-0.15, -0.1) is 0 Å². The van der Waals surface area contributed by atoms with Gasteiger partial charge >= 0.3 is 0 Å². The van der Waals surface area contributed by atoms with Crippen molar-refractivity contribution in [2.24, 2.45) is 0 Å². The zero-order valence-corrected chi connectivity index (χ0v) is 15.9. The molecule has 0 bridgehead atoms. The molecule has 0 aliphatic carbocycles. The van der Waals surface area contributed by atoms with Crippen molar-refractivity contribution in [1.29, 1.82) is 0 Å². The molecular formula is C22H31N3O. The molecule has 5 rings (SSSR count). The third-order valence-electron chi connectivity index (χ3n) is 7.32. The maximum Gasteiger partial charge on any atom is 0.0923 e. The maximum atomic E-state index is 11.5. The number of fused-ring (bicyclic) bond motifs is 2. The summed E-state index contributed by atoms with van der Waals surface area (Å²) in [7, 11) is 2.25. The average Bonchev–Trinajstić information content (AvgIpc) is 3.36. The minimum Gasteiger partial charge on any atom is -0.385 e. The third kappa shape index (κ3) is 2.79. The number of nitrogens with one attached hydrogen (secondary N) is 1. The first-order valence-electron chi connectivity index (χ1n) is 10.4. The lowest BCUT2D eigenvalue weighted by atomic mass is 9.80. The fourth-order valence-electron chi connectivity index (χ4n) is 5.63. The number of piperidine rings is 1. The Hall–Kier alpha value is -1.36. The molecule has 1 aromatic heterocycles. The first kappa shape index (κ1) is 16.8. The van der Waals surface area contributed by atoms with E-state index in [1.807, 2.05) is 0 Å². The molecule has 2 aromatic rings. The Balaban J connectivity index is 1.44. The molecule has 0 unspecified atom stereocenters. The summed E-state index contributed by atoms with van der Waals surface area (Å²) < 4.78 is 0. The second-order valence-corrected chi connectivity index (χ2v) is 8.87. The molecule has 26 heavy (non-hydrogen) atoms. The van der Waals surface area contributed by atoms with Crippen LogP contribution in [0.5, 0.6) is 0 Å². The highest BCUT2D eigenvalue weighted by Gasteiger charge is 2.41. The zero-order valence-electron chi connectivity index (χ0n) is 15.9. The number of hydrogen-bond acceptors (Lipinski definition) is 3. The van der Waals surface area contributed by atoms with Gasteiger partial charge in [0.2, 0.25) is 0 Å². The van der Waals surface area contributed by atoms with E-state index in [2.05, 4.69) is 46.2 Å². The van der Waals surface area contributed by atoms with E-state index in [0.29, 0.717) is 12.1 Å². The molecule has 0 spiro atoms. The van der Waals surface area contributed by atoms with Gasteiger partial charge in [0.1, 0.15) is 0 Å². The first-order chi connectivity index (χ1) is 12.6. The van der Waals surface area contributed by atoms with Crippen LogP contribution in [0.3, 0.4) is 0 Å². The van der Waals surface area contributed by atoms with E-state index >= 15 is 0 Å². The Kier molecular flexibility index (Phi) is 4.11. The summed E-state index contributed by atoms with van der Waals surface area (Å²) in [6.07, 6.45) is 10.2. The van der Waals surface area contributed by atoms with Crippen LogP contribution in [0.2, 0.25) is 0 Å². The van der Waals surface area contributed by atoms with Crippen molar-refractivity contribution in [3.8, 4) is 0 Å². The lowest BCUT2D eigenvalue weighted by molar-refractivity contribution is -0.0408. The highest BCUT2D eigenvalue weighted by molar-refractivity contribution is 5.84. The number of likely N-dealkylation sites (tertiary alicyclic amines) is 1. The summed E-state index contributed by atoms with van der Waals surface area (Å²) >= 11 is 0. The summed E-state index contributed by atoms with van der Waals surface area (Å²) in [4.78, 5) is 8.51. The van der Waals surface area contributed by atoms with Gasteiger partial charge in [-0.3, -0.25) is 0 Å². The fourth-order valence-corrected chi connectivity index (χ4v) is 5.63. The lowest BCUT2D eigenvalue weighted by Crippen LogP contribution is -2.45. The number of aliphatic hydroxyl groups is 1. The van der Waals surface area contributed by atoms with Crippen LogP contribution in [0.25, 0.3) is 10.9 Å². The zero-order chi connectivity index (χ0) is 17.7. The SMILES string of the molecule is CN1CCC[C@H]1Cc1c[nH]c2ccc([C@@]3(O)CCN4CCC[C@H]4C3)cc12. The molecule has 1 aromatic carbocycles. The molecule has 4 heterocycles. The minimum absolute atomic E-state index is 0.572. The molecule has 0 radical (unpaired) electrons. The molecule has 0 saturated carbocycles. The van der Waals surface area contributed by atoms with Crippen LogP contribution in [0.1, 0.15) is 49.7 Å². The van der Waals surface area contributed by atoms with E-state index in [9.17, 15) is 5.11 Å². The Morgan fingerprint density at radius 1 is 1.19 bits per heavy atom. The van der Waals surface area contributed by atoms with Crippen molar-refractivity contribution < 1.29 is 5.11 Å². The highest BCUT2D eigenvalue weighted by Crippen LogP contribution is 2.40. The van der Waals surface area contributed by atoms with Crippen LogP contribution in [0.15, 0.2) is 24.4 Å². The van der Waals surface area contributed by atoms with Crippen molar-refractivity contribution in [3.05, 3.63) is 35.5 Å². The molecule has 3 aliphatic heterocycles. The number of nitrogens with zero attached hydrogens (tertiary/aromatic N) is 2. The van der Waals surface area contributed by atoms with E-state index in [0.717, 1.165) is 31.4 Å². The number of rotatable bonds is 3. The van der Waals surface area contributed by atoms with Crippen LogP contribution in [-0.2, 0) is 12.0 Å². The Morgan fingerprint density at radius 2 is 2.08 bits per heavy atom. The number of likely N-dealkylation sites (N-methyl/N-ethyl adjacent to an activating group) is 1. The van der Waals surface area contributed by atoms with Crippen LogP contribution < -0.4 is 0 Å². The molecule has 0 amide bonds. The Bertz CT molecular complexity index is 800. The normalized spacial score (nSPS) is 33.2. The Labute approximate surface area is 156 Å². The molecule has 4 nitrogen and oxygen atoms in total. The number of H-pyrrole nitrogens is 1. The minimum atomic E-state index is -0.654. The molecule has 3 aliphatic rings. The molecule has 4 heteroatoms. The van der Waals surface area contributed by atoms with Gasteiger partial charge in [-0.1, -0.05) is 6.07 Å². The monoisotopic (exact) mass is 353 g/mol. The van der Waals surface area contributed by atoms with Gasteiger partial charge in [-0.05, 0) is 88.3 Å². The van der Waals surface area contributed by atoms with Crippen LogP contribution >= 0.6 is 0 Å². The van der Waals surface area contributed by atoms with Gasteiger partial charge in [-0.25, -0.2) is 0 Å². The summed E-state index contributed by atoms with van der Waals surface area (Å²) in [6, 6.07) is 7.83. The predicted molar refractivity (Wildman–Crippen MR) is 105 cm³/mol. The summed E-state index contributed by atoms with van der Waals surface area (Å²) in [5.74, 6) is 0. The van der Waals surface area contributed by atoms with Crippen LogP contribution in [0, 0.1) is 0 Å². The molecule has 3 atom stereocenters. The summed E-state index contributed by atoms with van der Waals surface area (Å²) in [5.41, 5.74) is 3.07. The van der Waals surface area contributed by atoms with E-state index < -0.39 is 5.60 Å². The third-order valence-corrected chi connectivity index (χ3v) is 7.32. The van der Waals surface area contributed by atoms with Gasteiger partial charge in [-0.2, -0.15) is 0 Å². The highest BCUT2D eigenvalue weighted by atomic mass is 16.3. The molecule has 2 N–H and O–H groups in total. The lowest BCUT2D eigenvalue weighted by Gasteiger charge is -2.41. The second kappa shape index (κ2) is 6.36. The van der Waals surface area contributed by atoms with E-state index in [1.54, 1.807) is 0 Å². The maximum absolute atomic E-state index is 11.5. The van der Waals surface area contributed by atoms with Gasteiger partial charge < -0.3 is 19.9 Å². The topological polar surface area (TPSA) is 42.5 Å². The van der Waals surface area contributed by atoms with E-state index in [1.165, 1.54) is 55.2 Å². The number of aromatic amines is 1. The summed E-state index contributed by atoms with van der Waals surface area (Å²) in [6.45, 7) is 3.47. The number of aromatic nitrogens is 1. The van der Waals surface area contributed by atoms with Crippen molar-refractivity contribution in [1.82, 2.24) is 14.8 Å². The summed E-state index contributed by atoms with van der Waals surface area (Å²) in [5, 5.41) is 12.8. The van der Waals surface area contributed by atoms with Gasteiger partial charge in [0, 0.05) is 35.7 Å². The average molecular weight is 354 g/mol. The van der Waals surface area contributed by atoms with Crippen molar-refractivity contribution in [2.45, 2.75) is 62.6 Å².